The van der Waals surface area contributed by atoms with Gasteiger partial charge in [0.15, 0.2) is 0 Å². The molecule has 0 N–H and O–H groups in total. The average molecular weight is 162 g/mol. The molecule has 0 aromatic heterocycles. The minimum absolute atomic E-state index is 0.882. The minimum atomic E-state index is 0.882. The quantitative estimate of drug-likeness (QED) is 0.555. The molecule has 4 rings (SSSR count). The molecule has 0 aliphatic heterocycles. The summed E-state index contributed by atoms with van der Waals surface area (Å²) in [6, 6.07) is 0. The van der Waals surface area contributed by atoms with Crippen molar-refractivity contribution >= 4 is 0 Å². The Morgan fingerprint density at radius 3 is 2.33 bits per heavy atom. The van der Waals surface area contributed by atoms with Gasteiger partial charge in [-0.25, -0.2) is 0 Å². The summed E-state index contributed by atoms with van der Waals surface area (Å²) in [6.07, 6.45) is 9.49. The van der Waals surface area contributed by atoms with Crippen molar-refractivity contribution in [1.82, 2.24) is 0 Å². The zero-order valence-electron chi connectivity index (χ0n) is 7.97. The van der Waals surface area contributed by atoms with Crippen LogP contribution in [-0.4, -0.2) is 0 Å². The first kappa shape index (κ1) is 6.45. The summed E-state index contributed by atoms with van der Waals surface area (Å²) in [4.78, 5) is 0. The summed E-state index contributed by atoms with van der Waals surface area (Å²) in [7, 11) is 0. The first-order valence-electron chi connectivity index (χ1n) is 5.79. The van der Waals surface area contributed by atoms with E-state index in [0.29, 0.717) is 0 Å². The molecular formula is C12H18. The third kappa shape index (κ3) is 0.418. The van der Waals surface area contributed by atoms with Crippen LogP contribution in [-0.2, 0) is 0 Å². The highest BCUT2D eigenvalue weighted by molar-refractivity contribution is 5.35. The summed E-state index contributed by atoms with van der Waals surface area (Å²) in [5.41, 5.74) is 1.84. The van der Waals surface area contributed by atoms with Crippen LogP contribution in [0.3, 0.4) is 0 Å². The molecule has 4 aliphatic carbocycles. The van der Waals surface area contributed by atoms with Gasteiger partial charge in [0, 0.05) is 0 Å². The molecule has 0 heterocycles. The van der Waals surface area contributed by atoms with E-state index in [-0.39, 0.29) is 0 Å². The van der Waals surface area contributed by atoms with Crippen LogP contribution in [0.1, 0.15) is 45.4 Å². The van der Waals surface area contributed by atoms with Crippen LogP contribution in [0.25, 0.3) is 0 Å². The van der Waals surface area contributed by atoms with E-state index in [0.717, 1.165) is 10.8 Å². The van der Waals surface area contributed by atoms with Crippen LogP contribution in [0.4, 0.5) is 0 Å². The maximum Gasteiger partial charge on any atom is -0.0173 e. The molecule has 4 unspecified atom stereocenters. The summed E-state index contributed by atoms with van der Waals surface area (Å²) >= 11 is 0. The lowest BCUT2D eigenvalue weighted by Crippen LogP contribution is -2.15. The van der Waals surface area contributed by atoms with Gasteiger partial charge >= 0.3 is 0 Å². The maximum atomic E-state index is 2.57. The Morgan fingerprint density at radius 1 is 1.17 bits per heavy atom. The average Bonchev–Trinajstić information content (AvgIpc) is 2.64. The highest BCUT2D eigenvalue weighted by Crippen LogP contribution is 2.94. The Bertz CT molecular complexity index is 253. The van der Waals surface area contributed by atoms with Crippen LogP contribution in [0.15, 0.2) is 0 Å². The van der Waals surface area contributed by atoms with E-state index in [1.807, 2.05) is 0 Å². The molecular weight excluding hydrogens is 144 g/mol. The van der Waals surface area contributed by atoms with Crippen molar-refractivity contribution in [2.24, 2.45) is 28.6 Å². The molecule has 1 spiro atoms. The third-order valence-corrected chi connectivity index (χ3v) is 6.10. The van der Waals surface area contributed by atoms with Crippen molar-refractivity contribution < 1.29 is 0 Å². The van der Waals surface area contributed by atoms with Crippen LogP contribution in [0.2, 0.25) is 0 Å². The molecule has 4 atom stereocenters. The molecule has 66 valence electrons. The molecule has 0 aromatic rings. The lowest BCUT2D eigenvalue weighted by molar-refractivity contribution is 0.251. The third-order valence-electron chi connectivity index (χ3n) is 6.10. The molecule has 0 radical (unpaired) electrons. The first-order valence-corrected chi connectivity index (χ1v) is 5.79. The van der Waals surface area contributed by atoms with Crippen LogP contribution in [0.5, 0.6) is 0 Å². The topological polar surface area (TPSA) is 0 Å². The molecule has 0 saturated heterocycles. The van der Waals surface area contributed by atoms with Crippen LogP contribution < -0.4 is 0 Å². The van der Waals surface area contributed by atoms with Crippen molar-refractivity contribution in [3.63, 3.8) is 0 Å². The molecule has 0 nitrogen and oxygen atoms in total. The summed E-state index contributed by atoms with van der Waals surface area (Å²) in [5.74, 6) is 3.60. The monoisotopic (exact) mass is 162 g/mol. The Kier molecular flexibility index (Phi) is 0.811. The van der Waals surface area contributed by atoms with E-state index in [4.69, 9.17) is 0 Å². The molecule has 4 saturated carbocycles. The van der Waals surface area contributed by atoms with Gasteiger partial charge in [-0.05, 0) is 47.8 Å². The Hall–Kier alpha value is 0. The first-order chi connectivity index (χ1) is 5.79. The highest BCUT2D eigenvalue weighted by atomic mass is 14.9. The van der Waals surface area contributed by atoms with Crippen molar-refractivity contribution in [1.29, 1.82) is 0 Å². The predicted octanol–water partition coefficient (Wildman–Crippen LogP) is 3.22. The van der Waals surface area contributed by atoms with Gasteiger partial charge in [0.05, 0.1) is 0 Å². The standard InChI is InChI=1S/C12H18/c1-11-6-5-10(11)12(11)7-9(12)8-3-2-4-8/h8-10H,2-7H2,1H3. The Balaban J connectivity index is 1.59. The van der Waals surface area contributed by atoms with Crippen molar-refractivity contribution in [2.75, 3.05) is 0 Å². The number of hydrogen-bond acceptors (Lipinski definition) is 0. The second-order valence-electron chi connectivity index (χ2n) is 6.05. The van der Waals surface area contributed by atoms with E-state index >= 15 is 0 Å². The van der Waals surface area contributed by atoms with Crippen LogP contribution >= 0.6 is 0 Å². The molecule has 4 fully saturated rings. The second-order valence-corrected chi connectivity index (χ2v) is 6.05. The number of rotatable bonds is 1. The van der Waals surface area contributed by atoms with Crippen molar-refractivity contribution in [3.8, 4) is 0 Å². The fourth-order valence-corrected chi connectivity index (χ4v) is 4.90. The van der Waals surface area contributed by atoms with Gasteiger partial charge in [0.2, 0.25) is 0 Å². The lowest BCUT2D eigenvalue weighted by Gasteiger charge is -2.26. The van der Waals surface area contributed by atoms with E-state index in [9.17, 15) is 0 Å². The zero-order chi connectivity index (χ0) is 7.97. The molecule has 4 aliphatic rings. The van der Waals surface area contributed by atoms with Crippen molar-refractivity contribution in [2.45, 2.75) is 45.4 Å². The normalized spacial score (nSPS) is 66.8. The van der Waals surface area contributed by atoms with Gasteiger partial charge in [-0.3, -0.25) is 0 Å². The highest BCUT2D eigenvalue weighted by Gasteiger charge is 2.88. The van der Waals surface area contributed by atoms with Gasteiger partial charge in [-0.15, -0.1) is 0 Å². The zero-order valence-corrected chi connectivity index (χ0v) is 7.97. The summed E-state index contributed by atoms with van der Waals surface area (Å²) in [6.45, 7) is 2.57. The van der Waals surface area contributed by atoms with Gasteiger partial charge < -0.3 is 0 Å². The van der Waals surface area contributed by atoms with E-state index in [1.54, 1.807) is 38.5 Å². The molecule has 0 bridgehead atoms. The van der Waals surface area contributed by atoms with Gasteiger partial charge in [0.1, 0.15) is 0 Å². The van der Waals surface area contributed by atoms with E-state index < -0.39 is 0 Å². The van der Waals surface area contributed by atoms with Gasteiger partial charge in [0.25, 0.3) is 0 Å². The smallest absolute Gasteiger partial charge is 0.0173 e. The second kappa shape index (κ2) is 1.51. The van der Waals surface area contributed by atoms with Crippen molar-refractivity contribution in [3.05, 3.63) is 0 Å². The minimum Gasteiger partial charge on any atom is -0.0588 e. The largest absolute Gasteiger partial charge is 0.0588 e. The molecule has 12 heavy (non-hydrogen) atoms. The molecule has 0 aromatic carbocycles. The maximum absolute atomic E-state index is 2.57. The fraction of sp³-hybridized carbons (Fsp3) is 1.00. The van der Waals surface area contributed by atoms with Crippen LogP contribution in [0, 0.1) is 28.6 Å². The van der Waals surface area contributed by atoms with Gasteiger partial charge in [-0.2, -0.15) is 0 Å². The van der Waals surface area contributed by atoms with E-state index in [2.05, 4.69) is 6.92 Å². The van der Waals surface area contributed by atoms with Gasteiger partial charge in [-0.1, -0.05) is 26.2 Å². The lowest BCUT2D eigenvalue weighted by atomic mass is 9.80. The Labute approximate surface area is 74.7 Å². The van der Waals surface area contributed by atoms with E-state index in [1.165, 1.54) is 17.8 Å². The SMILES string of the molecule is CC12CCC1C21CC1C1CCC1. The number of fused-ring (bicyclic) bond motifs is 3. The summed E-state index contributed by atoms with van der Waals surface area (Å²) in [5, 5.41) is 0. The Morgan fingerprint density at radius 2 is 1.92 bits per heavy atom. The predicted molar refractivity (Wildman–Crippen MR) is 48.7 cm³/mol. The number of hydrogen-bond donors (Lipinski definition) is 0. The molecule has 0 heteroatoms. The fourth-order valence-electron chi connectivity index (χ4n) is 4.90. The molecule has 0 amide bonds. The summed E-state index contributed by atoms with van der Waals surface area (Å²) < 4.78 is 0.